The molecule has 1 nitrogen and oxygen atoms in total. The van der Waals surface area contributed by atoms with Crippen LogP contribution in [0.1, 0.15) is 29.7 Å². The predicted molar refractivity (Wildman–Crippen MR) is 83.6 cm³/mol. The molecule has 114 valence electrons. The van der Waals surface area contributed by atoms with Crippen molar-refractivity contribution in [2.75, 3.05) is 6.54 Å². The molecule has 0 fully saturated rings. The van der Waals surface area contributed by atoms with Gasteiger partial charge in [0.2, 0.25) is 0 Å². The molecule has 1 atom stereocenters. The summed E-state index contributed by atoms with van der Waals surface area (Å²) in [5, 5.41) is 5.43. The van der Waals surface area contributed by atoms with Gasteiger partial charge >= 0.3 is 6.18 Å². The largest absolute Gasteiger partial charge is 0.416 e. The maximum Gasteiger partial charge on any atom is 0.416 e. The minimum atomic E-state index is -4.28. The van der Waals surface area contributed by atoms with E-state index < -0.39 is 11.7 Å². The highest BCUT2D eigenvalue weighted by atomic mass is 79.9. The van der Waals surface area contributed by atoms with Crippen molar-refractivity contribution in [1.82, 2.24) is 5.32 Å². The van der Waals surface area contributed by atoms with Gasteiger partial charge in [-0.2, -0.15) is 13.2 Å². The topological polar surface area (TPSA) is 12.0 Å². The van der Waals surface area contributed by atoms with Gasteiger partial charge in [0, 0.05) is 6.04 Å². The molecule has 0 saturated heterocycles. The zero-order valence-electron chi connectivity index (χ0n) is 11.4. The van der Waals surface area contributed by atoms with Crippen LogP contribution in [0.2, 0.25) is 0 Å². The van der Waals surface area contributed by atoms with Crippen LogP contribution < -0.4 is 5.32 Å². The molecule has 0 aliphatic carbocycles. The van der Waals surface area contributed by atoms with Crippen LogP contribution in [-0.2, 0) is 12.6 Å². The van der Waals surface area contributed by atoms with Crippen molar-refractivity contribution in [3.05, 3.63) is 56.2 Å². The smallest absolute Gasteiger partial charge is 0.310 e. The molecule has 1 aromatic carbocycles. The maximum atomic E-state index is 12.6. The molecule has 1 N–H and O–H groups in total. The monoisotopic (exact) mass is 377 g/mol. The molecule has 0 radical (unpaired) electrons. The Morgan fingerprint density at radius 1 is 1.24 bits per heavy atom. The van der Waals surface area contributed by atoms with Gasteiger partial charge in [0.15, 0.2) is 0 Å². The van der Waals surface area contributed by atoms with Gasteiger partial charge in [-0.15, -0.1) is 11.3 Å². The summed E-state index contributed by atoms with van der Waals surface area (Å²) in [5.41, 5.74) is 1.43. The summed E-state index contributed by atoms with van der Waals surface area (Å²) in [6, 6.07) is 7.53. The molecule has 1 aromatic heterocycles. The Kier molecular flexibility index (Phi) is 5.46. The first-order valence-electron chi connectivity index (χ1n) is 6.53. The van der Waals surface area contributed by atoms with Gasteiger partial charge in [0.1, 0.15) is 0 Å². The number of hydrogen-bond donors (Lipinski definition) is 1. The van der Waals surface area contributed by atoms with E-state index in [2.05, 4.69) is 26.6 Å². The third-order valence-electron chi connectivity index (χ3n) is 3.16. The fourth-order valence-corrected chi connectivity index (χ4v) is 3.36. The minimum Gasteiger partial charge on any atom is -0.310 e. The van der Waals surface area contributed by atoms with Crippen molar-refractivity contribution in [1.29, 1.82) is 0 Å². The van der Waals surface area contributed by atoms with Gasteiger partial charge < -0.3 is 5.32 Å². The fraction of sp³-hybridized carbons (Fsp3) is 0.333. The summed E-state index contributed by atoms with van der Waals surface area (Å²) in [6.07, 6.45) is -3.62. The van der Waals surface area contributed by atoms with Crippen LogP contribution in [0, 0.1) is 0 Å². The lowest BCUT2D eigenvalue weighted by molar-refractivity contribution is -0.137. The number of halogens is 4. The summed E-state index contributed by atoms with van der Waals surface area (Å²) >= 11 is 5.04. The van der Waals surface area contributed by atoms with Crippen LogP contribution in [0.15, 0.2) is 39.5 Å². The summed E-state index contributed by atoms with van der Waals surface area (Å²) in [4.78, 5) is 0. The van der Waals surface area contributed by atoms with Gasteiger partial charge in [0.05, 0.1) is 9.35 Å². The van der Waals surface area contributed by atoms with Crippen molar-refractivity contribution >= 4 is 27.3 Å². The Hall–Kier alpha value is -0.850. The Labute approximate surface area is 134 Å². The average molecular weight is 378 g/mol. The molecular weight excluding hydrogens is 363 g/mol. The molecule has 2 rings (SSSR count). The summed E-state index contributed by atoms with van der Waals surface area (Å²) in [7, 11) is 0. The van der Waals surface area contributed by atoms with Crippen LogP contribution in [0.5, 0.6) is 0 Å². The number of hydrogen-bond acceptors (Lipinski definition) is 2. The van der Waals surface area contributed by atoms with Gasteiger partial charge in [0.25, 0.3) is 0 Å². The van der Waals surface area contributed by atoms with Gasteiger partial charge in [-0.3, -0.25) is 0 Å². The fourth-order valence-electron chi connectivity index (χ4n) is 2.13. The highest BCUT2D eigenvalue weighted by Gasteiger charge is 2.30. The second kappa shape index (κ2) is 6.94. The highest BCUT2D eigenvalue weighted by molar-refractivity contribution is 9.11. The average Bonchev–Trinajstić information content (AvgIpc) is 2.84. The number of alkyl halides is 3. The third kappa shape index (κ3) is 4.56. The lowest BCUT2D eigenvalue weighted by Crippen LogP contribution is -2.22. The zero-order chi connectivity index (χ0) is 15.5. The number of thiophene rings is 1. The number of benzene rings is 1. The third-order valence-corrected chi connectivity index (χ3v) is 4.68. The normalized spacial score (nSPS) is 13.4. The van der Waals surface area contributed by atoms with E-state index in [1.54, 1.807) is 23.5 Å². The Balaban J connectivity index is 2.14. The molecule has 1 heterocycles. The SMILES string of the molecule is CCNC(Cc1ccc(C(F)(F)F)cc1)c1csc(Br)c1. The number of rotatable bonds is 5. The summed E-state index contributed by atoms with van der Waals surface area (Å²) in [5.74, 6) is 0. The Morgan fingerprint density at radius 3 is 2.38 bits per heavy atom. The van der Waals surface area contributed by atoms with Crippen LogP contribution in [0.25, 0.3) is 0 Å². The molecule has 0 saturated carbocycles. The molecule has 0 spiro atoms. The minimum absolute atomic E-state index is 0.106. The van der Waals surface area contributed by atoms with Gasteiger partial charge in [-0.25, -0.2) is 0 Å². The van der Waals surface area contributed by atoms with Crippen LogP contribution in [0.4, 0.5) is 13.2 Å². The second-order valence-electron chi connectivity index (χ2n) is 4.69. The quantitative estimate of drug-likeness (QED) is 0.732. The lowest BCUT2D eigenvalue weighted by atomic mass is 10.00. The Morgan fingerprint density at radius 2 is 1.90 bits per heavy atom. The van der Waals surface area contributed by atoms with Crippen molar-refractivity contribution < 1.29 is 13.2 Å². The van der Waals surface area contributed by atoms with E-state index in [-0.39, 0.29) is 6.04 Å². The maximum absolute atomic E-state index is 12.6. The van der Waals surface area contributed by atoms with Crippen molar-refractivity contribution in [2.45, 2.75) is 25.6 Å². The summed E-state index contributed by atoms with van der Waals surface area (Å²) < 4.78 is 38.7. The van der Waals surface area contributed by atoms with E-state index >= 15 is 0 Å². The van der Waals surface area contributed by atoms with Crippen LogP contribution in [-0.4, -0.2) is 6.54 Å². The van der Waals surface area contributed by atoms with E-state index in [0.717, 1.165) is 33.6 Å². The molecule has 1 unspecified atom stereocenters. The van der Waals surface area contributed by atoms with E-state index in [1.807, 2.05) is 13.0 Å². The highest BCUT2D eigenvalue weighted by Crippen LogP contribution is 2.31. The van der Waals surface area contributed by atoms with E-state index in [4.69, 9.17) is 0 Å². The van der Waals surface area contributed by atoms with Crippen molar-refractivity contribution in [3.63, 3.8) is 0 Å². The molecule has 0 amide bonds. The van der Waals surface area contributed by atoms with Crippen LogP contribution in [0.3, 0.4) is 0 Å². The van der Waals surface area contributed by atoms with E-state index in [1.165, 1.54) is 0 Å². The van der Waals surface area contributed by atoms with Gasteiger partial charge in [-0.1, -0.05) is 19.1 Å². The van der Waals surface area contributed by atoms with Gasteiger partial charge in [-0.05, 0) is 63.6 Å². The summed E-state index contributed by atoms with van der Waals surface area (Å²) in [6.45, 7) is 2.82. The molecule has 6 heteroatoms. The molecule has 0 aliphatic heterocycles. The molecule has 21 heavy (non-hydrogen) atoms. The molecule has 2 aromatic rings. The first kappa shape index (κ1) is 16.5. The lowest BCUT2D eigenvalue weighted by Gasteiger charge is -2.17. The standard InChI is InChI=1S/C15H15BrF3NS/c1-2-20-13(11-8-14(16)21-9-11)7-10-3-5-12(6-4-10)15(17,18)19/h3-6,8-9,13,20H,2,7H2,1H3. The van der Waals surface area contributed by atoms with Crippen molar-refractivity contribution in [2.24, 2.45) is 0 Å². The first-order chi connectivity index (χ1) is 9.90. The van der Waals surface area contributed by atoms with E-state index in [9.17, 15) is 13.2 Å². The van der Waals surface area contributed by atoms with Crippen LogP contribution >= 0.6 is 27.3 Å². The first-order valence-corrected chi connectivity index (χ1v) is 8.21. The molecule has 0 aliphatic rings. The van der Waals surface area contributed by atoms with E-state index in [0.29, 0.717) is 6.42 Å². The second-order valence-corrected chi connectivity index (χ2v) is 6.98. The predicted octanol–water partition coefficient (Wildman–Crippen LogP) is 5.42. The number of likely N-dealkylation sites (N-methyl/N-ethyl adjacent to an activating group) is 1. The molecular formula is C15H15BrF3NS. The zero-order valence-corrected chi connectivity index (χ0v) is 13.8. The molecule has 0 bridgehead atoms. The Bertz CT molecular complexity index is 577. The number of nitrogens with one attached hydrogen (secondary N) is 1. The van der Waals surface area contributed by atoms with Crippen molar-refractivity contribution in [3.8, 4) is 0 Å².